The van der Waals surface area contributed by atoms with E-state index in [9.17, 15) is 27.9 Å². The summed E-state index contributed by atoms with van der Waals surface area (Å²) in [7, 11) is 1.76. The Morgan fingerprint density at radius 1 is 1.25 bits per heavy atom. The summed E-state index contributed by atoms with van der Waals surface area (Å²) in [6.45, 7) is 2.05. The number of piperidine rings is 1. The Morgan fingerprint density at radius 2 is 1.92 bits per heavy atom. The van der Waals surface area contributed by atoms with Gasteiger partial charge in [0, 0.05) is 19.5 Å². The fourth-order valence-electron chi connectivity index (χ4n) is 5.87. The third-order valence-electron chi connectivity index (χ3n) is 7.03. The van der Waals surface area contributed by atoms with Crippen LogP contribution in [0.3, 0.4) is 0 Å². The number of carbonyl (C=O) groups excluding carboxylic acids is 1. The number of carbonyl (C=O) groups is 2. The zero-order chi connectivity index (χ0) is 17.9. The molecule has 0 aromatic rings. The minimum Gasteiger partial charge on any atom is -0.481 e. The molecule has 2 unspecified atom stereocenters. The molecule has 7 heteroatoms. The number of hydrogen-bond donors (Lipinski definition) is 1. The predicted octanol–water partition coefficient (Wildman–Crippen LogP) is 3.31. The van der Waals surface area contributed by atoms with Crippen LogP contribution in [0.2, 0.25) is 0 Å². The Balaban J connectivity index is 1.94. The van der Waals surface area contributed by atoms with E-state index in [-0.39, 0.29) is 29.7 Å². The lowest BCUT2D eigenvalue weighted by molar-refractivity contribution is -0.225. The van der Waals surface area contributed by atoms with E-state index >= 15 is 0 Å². The van der Waals surface area contributed by atoms with E-state index in [0.29, 0.717) is 32.1 Å². The molecule has 0 bridgehead atoms. The van der Waals surface area contributed by atoms with Crippen LogP contribution in [0.4, 0.5) is 13.2 Å². The summed E-state index contributed by atoms with van der Waals surface area (Å²) in [5, 5.41) is 9.52. The van der Waals surface area contributed by atoms with Gasteiger partial charge in [-0.25, -0.2) is 0 Å². The standard InChI is InChI=1S/C17H24F3NO3/c1-16-8-7-13(22)21(2)12(16)6-3-9-10(16)4-5-11(17(18,19)20)14(9)15(23)24/h9-12,14H,3-8H2,1-2H3,(H,23,24)/t9-,10+,11?,12-,14?,16-/m1/s1. The van der Waals surface area contributed by atoms with Gasteiger partial charge in [-0.3, -0.25) is 9.59 Å². The molecule has 2 aliphatic carbocycles. The zero-order valence-corrected chi connectivity index (χ0v) is 14.0. The first-order chi connectivity index (χ1) is 11.1. The molecule has 1 amide bonds. The Labute approximate surface area is 139 Å². The number of carboxylic acids is 1. The number of alkyl halides is 3. The molecule has 3 rings (SSSR count). The van der Waals surface area contributed by atoms with Crippen molar-refractivity contribution in [1.82, 2.24) is 4.90 Å². The third kappa shape index (κ3) is 2.51. The second-order valence-electron chi connectivity index (χ2n) is 7.96. The number of hydrogen-bond acceptors (Lipinski definition) is 2. The van der Waals surface area contributed by atoms with E-state index in [0.717, 1.165) is 0 Å². The summed E-state index contributed by atoms with van der Waals surface area (Å²) < 4.78 is 40.0. The topological polar surface area (TPSA) is 57.6 Å². The van der Waals surface area contributed by atoms with Crippen molar-refractivity contribution in [2.75, 3.05) is 7.05 Å². The number of aliphatic carboxylic acids is 1. The number of nitrogens with zero attached hydrogens (tertiary/aromatic N) is 1. The van der Waals surface area contributed by atoms with Gasteiger partial charge in [-0.2, -0.15) is 13.2 Å². The highest BCUT2D eigenvalue weighted by Gasteiger charge is 2.61. The first-order valence-corrected chi connectivity index (χ1v) is 8.62. The molecule has 0 aromatic carbocycles. The summed E-state index contributed by atoms with van der Waals surface area (Å²) in [5.41, 5.74) is -0.282. The van der Waals surface area contributed by atoms with Crippen molar-refractivity contribution in [3.63, 3.8) is 0 Å². The smallest absolute Gasteiger partial charge is 0.392 e. The second kappa shape index (κ2) is 5.63. The Morgan fingerprint density at radius 3 is 2.50 bits per heavy atom. The summed E-state index contributed by atoms with van der Waals surface area (Å²) in [5.74, 6) is -4.87. The number of halogens is 3. The maximum Gasteiger partial charge on any atom is 0.392 e. The number of carboxylic acid groups (broad SMARTS) is 1. The van der Waals surface area contributed by atoms with Crippen molar-refractivity contribution in [3.8, 4) is 0 Å². The SMILES string of the molecule is CN1C(=O)CC[C@]2(C)[C@H]3CCC(C(F)(F)F)C(C(=O)O)[C@@H]3CC[C@@H]12. The number of amides is 1. The van der Waals surface area contributed by atoms with Crippen LogP contribution >= 0.6 is 0 Å². The van der Waals surface area contributed by atoms with Crippen LogP contribution in [-0.4, -0.2) is 41.1 Å². The Kier molecular flexibility index (Phi) is 4.12. The van der Waals surface area contributed by atoms with Gasteiger partial charge >= 0.3 is 12.1 Å². The van der Waals surface area contributed by atoms with Gasteiger partial charge in [-0.15, -0.1) is 0 Å². The van der Waals surface area contributed by atoms with Crippen molar-refractivity contribution in [2.45, 2.75) is 57.7 Å². The Hall–Kier alpha value is -1.27. The van der Waals surface area contributed by atoms with Crippen LogP contribution < -0.4 is 0 Å². The first-order valence-electron chi connectivity index (χ1n) is 8.62. The molecular weight excluding hydrogens is 323 g/mol. The van der Waals surface area contributed by atoms with Crippen LogP contribution in [0.5, 0.6) is 0 Å². The molecule has 136 valence electrons. The van der Waals surface area contributed by atoms with Crippen LogP contribution in [0.25, 0.3) is 0 Å². The third-order valence-corrected chi connectivity index (χ3v) is 7.03. The highest BCUT2D eigenvalue weighted by molar-refractivity contribution is 5.77. The molecule has 3 fully saturated rings. The molecule has 1 aliphatic heterocycles. The van der Waals surface area contributed by atoms with E-state index < -0.39 is 29.9 Å². The molecule has 1 heterocycles. The van der Waals surface area contributed by atoms with Crippen LogP contribution in [-0.2, 0) is 9.59 Å². The fourth-order valence-corrected chi connectivity index (χ4v) is 5.87. The molecule has 1 saturated heterocycles. The van der Waals surface area contributed by atoms with E-state index in [1.807, 2.05) is 6.92 Å². The second-order valence-corrected chi connectivity index (χ2v) is 7.96. The van der Waals surface area contributed by atoms with Gasteiger partial charge in [-0.1, -0.05) is 6.92 Å². The van der Waals surface area contributed by atoms with Crippen molar-refractivity contribution in [1.29, 1.82) is 0 Å². The molecular formula is C17H24F3NO3. The maximum absolute atomic E-state index is 13.3. The van der Waals surface area contributed by atoms with E-state index in [1.165, 1.54) is 0 Å². The van der Waals surface area contributed by atoms with Crippen LogP contribution in [0.1, 0.15) is 45.4 Å². The average Bonchev–Trinajstić information content (AvgIpc) is 2.49. The molecule has 3 aliphatic rings. The van der Waals surface area contributed by atoms with E-state index in [1.54, 1.807) is 11.9 Å². The van der Waals surface area contributed by atoms with Gasteiger partial charge in [0.25, 0.3) is 0 Å². The van der Waals surface area contributed by atoms with Gasteiger partial charge < -0.3 is 10.0 Å². The fraction of sp³-hybridized carbons (Fsp3) is 0.882. The normalized spacial score (nSPS) is 43.1. The Bertz CT molecular complexity index is 550. The monoisotopic (exact) mass is 347 g/mol. The highest BCUT2D eigenvalue weighted by Crippen LogP contribution is 2.60. The molecule has 1 N–H and O–H groups in total. The lowest BCUT2D eigenvalue weighted by Crippen LogP contribution is -2.61. The minimum absolute atomic E-state index is 0.0110. The summed E-state index contributed by atoms with van der Waals surface area (Å²) >= 11 is 0. The molecule has 6 atom stereocenters. The van der Waals surface area contributed by atoms with Gasteiger partial charge in [0.05, 0.1) is 11.8 Å². The van der Waals surface area contributed by atoms with Crippen LogP contribution in [0.15, 0.2) is 0 Å². The molecule has 0 aromatic heterocycles. The maximum atomic E-state index is 13.3. The summed E-state index contributed by atoms with van der Waals surface area (Å²) in [6, 6.07) is 0.0110. The van der Waals surface area contributed by atoms with Crippen molar-refractivity contribution in [3.05, 3.63) is 0 Å². The number of likely N-dealkylation sites (tertiary alicyclic amines) is 1. The quantitative estimate of drug-likeness (QED) is 0.792. The molecule has 24 heavy (non-hydrogen) atoms. The van der Waals surface area contributed by atoms with Gasteiger partial charge in [-0.05, 0) is 49.4 Å². The molecule has 4 nitrogen and oxygen atoms in total. The van der Waals surface area contributed by atoms with E-state index in [2.05, 4.69) is 0 Å². The highest BCUT2D eigenvalue weighted by atomic mass is 19.4. The first kappa shape index (κ1) is 17.5. The molecule has 2 saturated carbocycles. The van der Waals surface area contributed by atoms with Crippen molar-refractivity contribution in [2.24, 2.45) is 29.1 Å². The minimum atomic E-state index is -4.47. The lowest BCUT2D eigenvalue weighted by Gasteiger charge is -2.59. The van der Waals surface area contributed by atoms with Crippen molar-refractivity contribution < 1.29 is 27.9 Å². The summed E-state index contributed by atoms with van der Waals surface area (Å²) in [6.07, 6.45) is -2.11. The zero-order valence-electron chi connectivity index (χ0n) is 14.0. The predicted molar refractivity (Wildman–Crippen MR) is 80.0 cm³/mol. The molecule has 0 spiro atoms. The van der Waals surface area contributed by atoms with E-state index in [4.69, 9.17) is 0 Å². The lowest BCUT2D eigenvalue weighted by atomic mass is 9.49. The number of fused-ring (bicyclic) bond motifs is 3. The van der Waals surface area contributed by atoms with Gasteiger partial charge in [0.15, 0.2) is 0 Å². The average molecular weight is 347 g/mol. The molecule has 0 radical (unpaired) electrons. The largest absolute Gasteiger partial charge is 0.481 e. The van der Waals surface area contributed by atoms with Gasteiger partial charge in [0.2, 0.25) is 5.91 Å². The van der Waals surface area contributed by atoms with Crippen LogP contribution in [0, 0.1) is 29.1 Å². The van der Waals surface area contributed by atoms with Crippen molar-refractivity contribution >= 4 is 11.9 Å². The van der Waals surface area contributed by atoms with Gasteiger partial charge in [0.1, 0.15) is 0 Å². The summed E-state index contributed by atoms with van der Waals surface area (Å²) in [4.78, 5) is 25.4. The number of rotatable bonds is 1.